The molecule has 22 heavy (non-hydrogen) atoms. The lowest BCUT2D eigenvalue weighted by Gasteiger charge is -2.31. The minimum atomic E-state index is -4.27. The molecular formula is C17H25F3N2. The van der Waals surface area contributed by atoms with Crippen molar-refractivity contribution in [3.05, 3.63) is 35.4 Å². The van der Waals surface area contributed by atoms with Crippen LogP contribution in [0.1, 0.15) is 49.8 Å². The fourth-order valence-corrected chi connectivity index (χ4v) is 3.06. The Morgan fingerprint density at radius 3 is 2.77 bits per heavy atom. The number of nitrogens with one attached hydrogen (secondary N) is 1. The van der Waals surface area contributed by atoms with Gasteiger partial charge < -0.3 is 5.32 Å². The normalized spacial score (nSPS) is 18.9. The standard InChI is InChI=1S/C17H25F3N2/c1-2-3-8-16(22-11-5-9-21-10-12-22)14-6-4-7-15(13-14)17(18,19)20/h4,6-7,13,16,21H,2-3,5,8-12H2,1H3. The number of alkyl halides is 3. The van der Waals surface area contributed by atoms with Gasteiger partial charge in [0.05, 0.1) is 5.56 Å². The van der Waals surface area contributed by atoms with Gasteiger partial charge in [-0.25, -0.2) is 0 Å². The number of benzene rings is 1. The molecule has 1 N–H and O–H groups in total. The zero-order valence-corrected chi connectivity index (χ0v) is 13.1. The van der Waals surface area contributed by atoms with Gasteiger partial charge in [-0.3, -0.25) is 4.90 Å². The van der Waals surface area contributed by atoms with E-state index in [0.29, 0.717) is 0 Å². The summed E-state index contributed by atoms with van der Waals surface area (Å²) in [5, 5.41) is 3.35. The van der Waals surface area contributed by atoms with Gasteiger partial charge >= 0.3 is 6.18 Å². The zero-order chi connectivity index (χ0) is 16.0. The van der Waals surface area contributed by atoms with E-state index in [4.69, 9.17) is 0 Å². The maximum absolute atomic E-state index is 13.0. The molecule has 2 rings (SSSR count). The second-order valence-corrected chi connectivity index (χ2v) is 5.92. The lowest BCUT2D eigenvalue weighted by Crippen LogP contribution is -2.32. The number of hydrogen-bond acceptors (Lipinski definition) is 2. The summed E-state index contributed by atoms with van der Waals surface area (Å²) in [5.41, 5.74) is 0.254. The van der Waals surface area contributed by atoms with E-state index in [2.05, 4.69) is 17.1 Å². The summed E-state index contributed by atoms with van der Waals surface area (Å²) < 4.78 is 38.9. The third-order valence-electron chi connectivity index (χ3n) is 4.25. The summed E-state index contributed by atoms with van der Waals surface area (Å²) >= 11 is 0. The molecule has 5 heteroatoms. The van der Waals surface area contributed by atoms with E-state index in [-0.39, 0.29) is 6.04 Å². The molecule has 0 aliphatic carbocycles. The number of unbranched alkanes of at least 4 members (excludes halogenated alkanes) is 1. The first-order valence-corrected chi connectivity index (χ1v) is 8.14. The Labute approximate surface area is 130 Å². The lowest BCUT2D eigenvalue weighted by atomic mass is 9.97. The highest BCUT2D eigenvalue weighted by atomic mass is 19.4. The van der Waals surface area contributed by atoms with Crippen LogP contribution in [0.15, 0.2) is 24.3 Å². The predicted octanol–water partition coefficient (Wildman–Crippen LogP) is 4.23. The van der Waals surface area contributed by atoms with Crippen LogP contribution in [0, 0.1) is 0 Å². The van der Waals surface area contributed by atoms with E-state index in [9.17, 15) is 13.2 Å². The third kappa shape index (κ3) is 4.71. The van der Waals surface area contributed by atoms with Gasteiger partial charge in [0.1, 0.15) is 0 Å². The van der Waals surface area contributed by atoms with Crippen molar-refractivity contribution in [3.8, 4) is 0 Å². The summed E-state index contributed by atoms with van der Waals surface area (Å²) in [6, 6.07) is 5.95. The van der Waals surface area contributed by atoms with Crippen LogP contribution < -0.4 is 5.32 Å². The molecule has 0 saturated carbocycles. The van der Waals surface area contributed by atoms with Crippen molar-refractivity contribution in [2.75, 3.05) is 26.2 Å². The van der Waals surface area contributed by atoms with Crippen LogP contribution in [0.3, 0.4) is 0 Å². The van der Waals surface area contributed by atoms with Crippen molar-refractivity contribution in [3.63, 3.8) is 0 Å². The van der Waals surface area contributed by atoms with Crippen molar-refractivity contribution in [2.45, 2.75) is 44.8 Å². The molecule has 1 atom stereocenters. The van der Waals surface area contributed by atoms with Crippen molar-refractivity contribution in [1.82, 2.24) is 10.2 Å². The van der Waals surface area contributed by atoms with E-state index < -0.39 is 11.7 Å². The number of halogens is 3. The van der Waals surface area contributed by atoms with Gasteiger partial charge in [-0.15, -0.1) is 0 Å². The van der Waals surface area contributed by atoms with Crippen LogP contribution in [0.4, 0.5) is 13.2 Å². The average Bonchev–Trinajstić information content (AvgIpc) is 2.76. The molecular weight excluding hydrogens is 289 g/mol. The zero-order valence-electron chi connectivity index (χ0n) is 13.1. The Balaban J connectivity index is 2.23. The van der Waals surface area contributed by atoms with Crippen molar-refractivity contribution >= 4 is 0 Å². The Bertz CT molecular complexity index is 451. The van der Waals surface area contributed by atoms with Gasteiger partial charge in [0.15, 0.2) is 0 Å². The fraction of sp³-hybridized carbons (Fsp3) is 0.647. The predicted molar refractivity (Wildman–Crippen MR) is 82.8 cm³/mol. The number of nitrogens with zero attached hydrogens (tertiary/aromatic N) is 1. The lowest BCUT2D eigenvalue weighted by molar-refractivity contribution is -0.137. The van der Waals surface area contributed by atoms with Crippen molar-refractivity contribution in [2.24, 2.45) is 0 Å². The van der Waals surface area contributed by atoms with Gasteiger partial charge in [-0.2, -0.15) is 13.2 Å². The largest absolute Gasteiger partial charge is 0.416 e. The molecule has 1 aliphatic rings. The molecule has 1 aromatic carbocycles. The monoisotopic (exact) mass is 314 g/mol. The van der Waals surface area contributed by atoms with E-state index in [1.54, 1.807) is 0 Å². The maximum Gasteiger partial charge on any atom is 0.416 e. The van der Waals surface area contributed by atoms with Gasteiger partial charge in [-0.1, -0.05) is 31.9 Å². The molecule has 1 aromatic rings. The van der Waals surface area contributed by atoms with Crippen molar-refractivity contribution in [1.29, 1.82) is 0 Å². The van der Waals surface area contributed by atoms with Gasteiger partial charge in [0.2, 0.25) is 0 Å². The molecule has 1 heterocycles. The van der Waals surface area contributed by atoms with Crippen LogP contribution in [-0.4, -0.2) is 31.1 Å². The summed E-state index contributed by atoms with van der Waals surface area (Å²) in [6.45, 7) is 5.84. The second-order valence-electron chi connectivity index (χ2n) is 5.92. The Kier molecular flexibility index (Phi) is 6.26. The first kappa shape index (κ1) is 17.3. The summed E-state index contributed by atoms with van der Waals surface area (Å²) in [7, 11) is 0. The van der Waals surface area contributed by atoms with E-state index >= 15 is 0 Å². The van der Waals surface area contributed by atoms with E-state index in [1.807, 2.05) is 6.07 Å². The van der Waals surface area contributed by atoms with E-state index in [0.717, 1.165) is 63.5 Å². The quantitative estimate of drug-likeness (QED) is 0.875. The smallest absolute Gasteiger partial charge is 0.315 e. The van der Waals surface area contributed by atoms with Gasteiger partial charge in [-0.05, 0) is 37.1 Å². The van der Waals surface area contributed by atoms with Crippen LogP contribution >= 0.6 is 0 Å². The maximum atomic E-state index is 13.0. The Morgan fingerprint density at radius 2 is 2.05 bits per heavy atom. The summed E-state index contributed by atoms with van der Waals surface area (Å²) in [4.78, 5) is 2.34. The van der Waals surface area contributed by atoms with Crippen LogP contribution in [-0.2, 0) is 6.18 Å². The second kappa shape index (κ2) is 7.97. The summed E-state index contributed by atoms with van der Waals surface area (Å²) in [6.07, 6.45) is -0.225. The third-order valence-corrected chi connectivity index (χ3v) is 4.25. The average molecular weight is 314 g/mol. The molecule has 0 spiro atoms. The highest BCUT2D eigenvalue weighted by Gasteiger charge is 2.31. The molecule has 1 aliphatic heterocycles. The molecule has 0 radical (unpaired) electrons. The Morgan fingerprint density at radius 1 is 1.23 bits per heavy atom. The van der Waals surface area contributed by atoms with Crippen LogP contribution in [0.2, 0.25) is 0 Å². The van der Waals surface area contributed by atoms with Crippen LogP contribution in [0.5, 0.6) is 0 Å². The molecule has 1 fully saturated rings. The topological polar surface area (TPSA) is 15.3 Å². The molecule has 0 aromatic heterocycles. The first-order valence-electron chi connectivity index (χ1n) is 8.14. The van der Waals surface area contributed by atoms with Gasteiger partial charge in [0, 0.05) is 25.7 Å². The number of rotatable bonds is 5. The molecule has 0 amide bonds. The minimum absolute atomic E-state index is 0.0853. The minimum Gasteiger partial charge on any atom is -0.315 e. The fourth-order valence-electron chi connectivity index (χ4n) is 3.06. The van der Waals surface area contributed by atoms with Gasteiger partial charge in [0.25, 0.3) is 0 Å². The van der Waals surface area contributed by atoms with Crippen molar-refractivity contribution < 1.29 is 13.2 Å². The van der Waals surface area contributed by atoms with Crippen LogP contribution in [0.25, 0.3) is 0 Å². The molecule has 0 bridgehead atoms. The summed E-state index contributed by atoms with van der Waals surface area (Å²) in [5.74, 6) is 0. The Hall–Kier alpha value is -1.07. The molecule has 124 valence electrons. The molecule has 1 saturated heterocycles. The van der Waals surface area contributed by atoms with E-state index in [1.165, 1.54) is 12.1 Å². The highest BCUT2D eigenvalue weighted by molar-refractivity contribution is 5.28. The molecule has 2 nitrogen and oxygen atoms in total. The highest BCUT2D eigenvalue weighted by Crippen LogP contribution is 2.33. The SMILES string of the molecule is CCCCC(c1cccc(C(F)(F)F)c1)N1CCCNCC1. The number of hydrogen-bond donors (Lipinski definition) is 1. The molecule has 1 unspecified atom stereocenters. The first-order chi connectivity index (χ1) is 10.5.